The second kappa shape index (κ2) is 6.52. The lowest BCUT2D eigenvalue weighted by molar-refractivity contribution is -0.129. The van der Waals surface area contributed by atoms with Crippen LogP contribution in [0.1, 0.15) is 18.8 Å². The largest absolute Gasteiger partial charge is 0.423 e. The molecule has 0 N–H and O–H groups in total. The van der Waals surface area contributed by atoms with Crippen molar-refractivity contribution < 1.29 is 19.0 Å². The van der Waals surface area contributed by atoms with Crippen LogP contribution in [0.15, 0.2) is 48.6 Å². The number of carbonyl (C=O) groups excluding carboxylic acids is 1. The Balaban J connectivity index is 2.54. The fourth-order valence-corrected chi connectivity index (χ4v) is 2.13. The van der Waals surface area contributed by atoms with Crippen LogP contribution in [-0.4, -0.2) is 20.2 Å². The summed E-state index contributed by atoms with van der Waals surface area (Å²) in [5.74, 6) is 0.0521. The minimum atomic E-state index is -0.471. The van der Waals surface area contributed by atoms with Crippen molar-refractivity contribution in [2.75, 3.05) is 14.2 Å². The number of rotatable bonds is 5. The summed E-state index contributed by atoms with van der Waals surface area (Å²) >= 11 is 0. The van der Waals surface area contributed by atoms with Gasteiger partial charge in [-0.3, -0.25) is 0 Å². The second-order valence-corrected chi connectivity index (χ2v) is 4.67. The minimum absolute atomic E-state index is 0.356. The van der Waals surface area contributed by atoms with Crippen molar-refractivity contribution >= 4 is 16.7 Å². The first-order chi connectivity index (χ1) is 10.1. The van der Waals surface area contributed by atoms with E-state index in [1.807, 2.05) is 30.3 Å². The van der Waals surface area contributed by atoms with Gasteiger partial charge in [0.1, 0.15) is 5.75 Å². The molecule has 0 saturated heterocycles. The zero-order chi connectivity index (χ0) is 15.4. The summed E-state index contributed by atoms with van der Waals surface area (Å²) in [5.41, 5.74) is 1.24. The van der Waals surface area contributed by atoms with Gasteiger partial charge in [-0.15, -0.1) is 0 Å². The SMILES string of the molecule is C=C(C)C(=O)Oc1ccc(C(OC)OC)c2ccccc12. The zero-order valence-corrected chi connectivity index (χ0v) is 12.4. The van der Waals surface area contributed by atoms with Gasteiger partial charge >= 0.3 is 5.97 Å². The predicted molar refractivity (Wildman–Crippen MR) is 81.2 cm³/mol. The monoisotopic (exact) mass is 286 g/mol. The van der Waals surface area contributed by atoms with Gasteiger partial charge in [0, 0.05) is 30.7 Å². The summed E-state index contributed by atoms with van der Waals surface area (Å²) in [6.07, 6.45) is -0.471. The third-order valence-electron chi connectivity index (χ3n) is 3.15. The smallest absolute Gasteiger partial charge is 0.338 e. The molecule has 0 radical (unpaired) electrons. The van der Waals surface area contributed by atoms with Crippen molar-refractivity contribution in [3.8, 4) is 5.75 Å². The standard InChI is InChI=1S/C17H18O4/c1-11(2)16(18)21-15-10-9-14(17(19-3)20-4)12-7-5-6-8-13(12)15/h5-10,17H,1H2,2-4H3. The van der Waals surface area contributed by atoms with Gasteiger partial charge < -0.3 is 14.2 Å². The van der Waals surface area contributed by atoms with Gasteiger partial charge in [0.2, 0.25) is 0 Å². The van der Waals surface area contributed by atoms with Gasteiger partial charge in [-0.05, 0) is 24.4 Å². The number of carbonyl (C=O) groups is 1. The van der Waals surface area contributed by atoms with Crippen LogP contribution in [0.4, 0.5) is 0 Å². The first-order valence-corrected chi connectivity index (χ1v) is 6.53. The number of esters is 1. The van der Waals surface area contributed by atoms with Gasteiger partial charge in [0.15, 0.2) is 6.29 Å². The van der Waals surface area contributed by atoms with Gasteiger partial charge in [0.05, 0.1) is 0 Å². The molecule has 110 valence electrons. The summed E-state index contributed by atoms with van der Waals surface area (Å²) < 4.78 is 16.0. The highest BCUT2D eigenvalue weighted by molar-refractivity contribution is 5.95. The Hall–Kier alpha value is -2.17. The lowest BCUT2D eigenvalue weighted by Crippen LogP contribution is -2.09. The highest BCUT2D eigenvalue weighted by Gasteiger charge is 2.16. The third kappa shape index (κ3) is 3.12. The highest BCUT2D eigenvalue weighted by Crippen LogP contribution is 2.33. The number of ether oxygens (including phenoxy) is 3. The average Bonchev–Trinajstić information content (AvgIpc) is 2.50. The molecule has 2 aromatic carbocycles. The predicted octanol–water partition coefficient (Wildman–Crippen LogP) is 3.61. The molecule has 0 unspecified atom stereocenters. The quantitative estimate of drug-likeness (QED) is 0.364. The molecule has 0 atom stereocenters. The number of methoxy groups -OCH3 is 2. The molecule has 0 fully saturated rings. The molecule has 21 heavy (non-hydrogen) atoms. The van der Waals surface area contributed by atoms with E-state index in [2.05, 4.69) is 6.58 Å². The summed E-state index contributed by atoms with van der Waals surface area (Å²) in [4.78, 5) is 11.7. The van der Waals surface area contributed by atoms with E-state index in [1.54, 1.807) is 27.2 Å². The lowest BCUT2D eigenvalue weighted by atomic mass is 10.0. The van der Waals surface area contributed by atoms with Gasteiger partial charge in [0.25, 0.3) is 0 Å². The molecule has 4 nitrogen and oxygen atoms in total. The Morgan fingerprint density at radius 3 is 2.24 bits per heavy atom. The van der Waals surface area contributed by atoms with Gasteiger partial charge in [-0.25, -0.2) is 4.79 Å². The van der Waals surface area contributed by atoms with E-state index < -0.39 is 12.3 Å². The van der Waals surface area contributed by atoms with E-state index in [1.165, 1.54) is 0 Å². The third-order valence-corrected chi connectivity index (χ3v) is 3.15. The summed E-state index contributed by atoms with van der Waals surface area (Å²) in [6.45, 7) is 5.20. The van der Waals surface area contributed by atoms with E-state index in [0.29, 0.717) is 11.3 Å². The van der Waals surface area contributed by atoms with E-state index in [0.717, 1.165) is 16.3 Å². The normalized spacial score (nSPS) is 10.9. The van der Waals surface area contributed by atoms with Crippen LogP contribution in [0.2, 0.25) is 0 Å². The molecule has 4 heteroatoms. The van der Waals surface area contributed by atoms with Gasteiger partial charge in [-0.2, -0.15) is 0 Å². The highest BCUT2D eigenvalue weighted by atomic mass is 16.7. The van der Waals surface area contributed by atoms with Crippen molar-refractivity contribution in [1.29, 1.82) is 0 Å². The second-order valence-electron chi connectivity index (χ2n) is 4.67. The number of benzene rings is 2. The Labute approximate surface area is 123 Å². The van der Waals surface area contributed by atoms with Gasteiger partial charge in [-0.1, -0.05) is 30.8 Å². The maximum absolute atomic E-state index is 11.7. The summed E-state index contributed by atoms with van der Waals surface area (Å²) in [6, 6.07) is 11.2. The molecular weight excluding hydrogens is 268 g/mol. The van der Waals surface area contributed by atoms with Crippen LogP contribution in [0.5, 0.6) is 5.75 Å². The van der Waals surface area contributed by atoms with Crippen LogP contribution in [0.3, 0.4) is 0 Å². The van der Waals surface area contributed by atoms with Crippen molar-refractivity contribution in [2.45, 2.75) is 13.2 Å². The van der Waals surface area contributed by atoms with E-state index in [-0.39, 0.29) is 0 Å². The van der Waals surface area contributed by atoms with Crippen LogP contribution in [0, 0.1) is 0 Å². The molecule has 0 aliphatic rings. The molecule has 0 heterocycles. The Morgan fingerprint density at radius 1 is 1.05 bits per heavy atom. The van der Waals surface area contributed by atoms with Crippen LogP contribution >= 0.6 is 0 Å². The minimum Gasteiger partial charge on any atom is -0.423 e. The van der Waals surface area contributed by atoms with E-state index >= 15 is 0 Å². The van der Waals surface area contributed by atoms with E-state index in [9.17, 15) is 4.79 Å². The van der Waals surface area contributed by atoms with E-state index in [4.69, 9.17) is 14.2 Å². The average molecular weight is 286 g/mol. The topological polar surface area (TPSA) is 44.8 Å². The molecule has 2 aromatic rings. The Morgan fingerprint density at radius 2 is 1.67 bits per heavy atom. The lowest BCUT2D eigenvalue weighted by Gasteiger charge is -2.17. The molecule has 0 bridgehead atoms. The molecule has 0 aromatic heterocycles. The van der Waals surface area contributed by atoms with Crippen LogP contribution < -0.4 is 4.74 Å². The molecule has 0 aliphatic carbocycles. The van der Waals surface area contributed by atoms with Crippen molar-refractivity contribution in [2.24, 2.45) is 0 Å². The molecule has 0 spiro atoms. The molecular formula is C17H18O4. The maximum atomic E-state index is 11.7. The summed E-state index contributed by atoms with van der Waals surface area (Å²) in [5, 5.41) is 1.74. The van der Waals surface area contributed by atoms with Crippen LogP contribution in [-0.2, 0) is 14.3 Å². The first kappa shape index (κ1) is 15.2. The summed E-state index contributed by atoms with van der Waals surface area (Å²) in [7, 11) is 3.16. The number of fused-ring (bicyclic) bond motifs is 1. The molecule has 0 aliphatic heterocycles. The number of hydrogen-bond donors (Lipinski definition) is 0. The fourth-order valence-electron chi connectivity index (χ4n) is 2.13. The Bertz CT molecular complexity index is 672. The van der Waals surface area contributed by atoms with Crippen molar-refractivity contribution in [3.05, 3.63) is 54.1 Å². The molecule has 2 rings (SSSR count). The fraction of sp³-hybridized carbons (Fsp3) is 0.235. The first-order valence-electron chi connectivity index (χ1n) is 6.53. The molecule has 0 saturated carbocycles. The Kier molecular flexibility index (Phi) is 4.73. The maximum Gasteiger partial charge on any atom is 0.338 e. The van der Waals surface area contributed by atoms with Crippen molar-refractivity contribution in [3.63, 3.8) is 0 Å². The van der Waals surface area contributed by atoms with Crippen LogP contribution in [0.25, 0.3) is 10.8 Å². The van der Waals surface area contributed by atoms with Crippen molar-refractivity contribution in [1.82, 2.24) is 0 Å². The molecule has 0 amide bonds. The number of hydrogen-bond acceptors (Lipinski definition) is 4. The zero-order valence-electron chi connectivity index (χ0n) is 12.4.